The van der Waals surface area contributed by atoms with E-state index in [4.69, 9.17) is 4.74 Å². The molecule has 112 valence electrons. The van der Waals surface area contributed by atoms with E-state index in [-0.39, 0.29) is 12.0 Å². The Bertz CT molecular complexity index is 437. The second-order valence-electron chi connectivity index (χ2n) is 4.66. The van der Waals surface area contributed by atoms with Gasteiger partial charge in [0, 0.05) is 17.4 Å². The zero-order chi connectivity index (χ0) is 15.0. The SMILES string of the molecule is CCC(O)CCNC(=O)CCc1cc(Br)ccc1OC. The number of benzene rings is 1. The normalized spacial score (nSPS) is 12.0. The van der Waals surface area contributed by atoms with Crippen molar-refractivity contribution in [2.24, 2.45) is 0 Å². The third-order valence-electron chi connectivity index (χ3n) is 3.13. The van der Waals surface area contributed by atoms with Crippen molar-refractivity contribution in [2.75, 3.05) is 13.7 Å². The van der Waals surface area contributed by atoms with E-state index in [9.17, 15) is 9.90 Å². The Morgan fingerprint density at radius 3 is 2.90 bits per heavy atom. The maximum absolute atomic E-state index is 11.7. The van der Waals surface area contributed by atoms with Crippen LogP contribution in [0.25, 0.3) is 0 Å². The first-order valence-electron chi connectivity index (χ1n) is 6.84. The van der Waals surface area contributed by atoms with Crippen LogP contribution in [0.4, 0.5) is 0 Å². The first-order chi connectivity index (χ1) is 9.56. The summed E-state index contributed by atoms with van der Waals surface area (Å²) in [7, 11) is 1.62. The molecule has 0 fully saturated rings. The van der Waals surface area contributed by atoms with E-state index < -0.39 is 0 Å². The molecule has 0 spiro atoms. The molecule has 0 saturated heterocycles. The number of aliphatic hydroxyl groups excluding tert-OH is 1. The van der Waals surface area contributed by atoms with Crippen molar-refractivity contribution < 1.29 is 14.6 Å². The minimum Gasteiger partial charge on any atom is -0.496 e. The van der Waals surface area contributed by atoms with Crippen LogP contribution in [0.5, 0.6) is 5.75 Å². The van der Waals surface area contributed by atoms with Gasteiger partial charge in [-0.1, -0.05) is 22.9 Å². The smallest absolute Gasteiger partial charge is 0.220 e. The summed E-state index contributed by atoms with van der Waals surface area (Å²) in [6, 6.07) is 5.76. The van der Waals surface area contributed by atoms with Crippen molar-refractivity contribution in [3.63, 3.8) is 0 Å². The number of aryl methyl sites for hydroxylation is 1. The largest absolute Gasteiger partial charge is 0.496 e. The van der Waals surface area contributed by atoms with E-state index >= 15 is 0 Å². The van der Waals surface area contributed by atoms with Crippen molar-refractivity contribution in [1.82, 2.24) is 5.32 Å². The van der Waals surface area contributed by atoms with Crippen LogP contribution in [-0.4, -0.2) is 30.8 Å². The minimum absolute atomic E-state index is 0.00432. The predicted octanol–water partition coefficient (Wildman–Crippen LogP) is 2.67. The fourth-order valence-electron chi connectivity index (χ4n) is 1.86. The first-order valence-corrected chi connectivity index (χ1v) is 7.63. The second kappa shape index (κ2) is 8.97. The molecule has 0 saturated carbocycles. The van der Waals surface area contributed by atoms with Gasteiger partial charge in [-0.2, -0.15) is 0 Å². The topological polar surface area (TPSA) is 58.6 Å². The van der Waals surface area contributed by atoms with Gasteiger partial charge in [-0.05, 0) is 43.0 Å². The molecule has 0 heterocycles. The number of rotatable bonds is 8. The van der Waals surface area contributed by atoms with Crippen LogP contribution in [0.2, 0.25) is 0 Å². The number of amides is 1. The number of carbonyl (C=O) groups is 1. The maximum Gasteiger partial charge on any atom is 0.220 e. The van der Waals surface area contributed by atoms with Crippen molar-refractivity contribution in [3.8, 4) is 5.75 Å². The average molecular weight is 344 g/mol. The van der Waals surface area contributed by atoms with Crippen molar-refractivity contribution in [3.05, 3.63) is 28.2 Å². The molecule has 0 bridgehead atoms. The Kier molecular flexibility index (Phi) is 7.62. The fraction of sp³-hybridized carbons (Fsp3) is 0.533. The Morgan fingerprint density at radius 1 is 1.50 bits per heavy atom. The Hall–Kier alpha value is -1.07. The van der Waals surface area contributed by atoms with Gasteiger partial charge in [0.2, 0.25) is 5.91 Å². The van der Waals surface area contributed by atoms with Crippen LogP contribution in [0.1, 0.15) is 31.7 Å². The molecular formula is C15H22BrNO3. The van der Waals surface area contributed by atoms with E-state index in [1.807, 2.05) is 25.1 Å². The van der Waals surface area contributed by atoms with Gasteiger partial charge in [0.15, 0.2) is 0 Å². The van der Waals surface area contributed by atoms with E-state index in [2.05, 4.69) is 21.2 Å². The summed E-state index contributed by atoms with van der Waals surface area (Å²) >= 11 is 3.41. The lowest BCUT2D eigenvalue weighted by Crippen LogP contribution is -2.27. The van der Waals surface area contributed by atoms with Crippen LogP contribution in [0, 0.1) is 0 Å². The highest BCUT2D eigenvalue weighted by Gasteiger charge is 2.08. The van der Waals surface area contributed by atoms with Crippen molar-refractivity contribution in [1.29, 1.82) is 0 Å². The third kappa shape index (κ3) is 5.92. The molecule has 1 rings (SSSR count). The van der Waals surface area contributed by atoms with Gasteiger partial charge in [0.1, 0.15) is 5.75 Å². The monoisotopic (exact) mass is 343 g/mol. The average Bonchev–Trinajstić information content (AvgIpc) is 2.45. The molecule has 0 aliphatic carbocycles. The highest BCUT2D eigenvalue weighted by molar-refractivity contribution is 9.10. The lowest BCUT2D eigenvalue weighted by Gasteiger charge is -2.10. The molecule has 1 unspecified atom stereocenters. The Labute approximate surface area is 128 Å². The summed E-state index contributed by atoms with van der Waals surface area (Å²) < 4.78 is 6.25. The maximum atomic E-state index is 11.7. The van der Waals surface area contributed by atoms with Crippen LogP contribution in [0.15, 0.2) is 22.7 Å². The number of hydrogen-bond acceptors (Lipinski definition) is 3. The molecule has 1 aromatic rings. The zero-order valence-electron chi connectivity index (χ0n) is 12.0. The lowest BCUT2D eigenvalue weighted by molar-refractivity contribution is -0.121. The molecule has 1 amide bonds. The molecule has 1 aromatic carbocycles. The summed E-state index contributed by atoms with van der Waals surface area (Å²) in [6.45, 7) is 2.44. The van der Waals surface area contributed by atoms with Crippen LogP contribution >= 0.6 is 15.9 Å². The van der Waals surface area contributed by atoms with Gasteiger partial charge in [-0.15, -0.1) is 0 Å². The minimum atomic E-state index is -0.333. The molecule has 4 nitrogen and oxygen atoms in total. The highest BCUT2D eigenvalue weighted by Crippen LogP contribution is 2.24. The number of carbonyl (C=O) groups excluding carboxylic acids is 1. The molecule has 0 radical (unpaired) electrons. The van der Waals surface area contributed by atoms with E-state index in [1.54, 1.807) is 7.11 Å². The quantitative estimate of drug-likeness (QED) is 0.762. The molecule has 0 aromatic heterocycles. The van der Waals surface area contributed by atoms with Gasteiger partial charge in [0.05, 0.1) is 13.2 Å². The summed E-state index contributed by atoms with van der Waals surface area (Å²) in [5, 5.41) is 12.2. The van der Waals surface area contributed by atoms with E-state index in [0.29, 0.717) is 32.2 Å². The summed E-state index contributed by atoms with van der Waals surface area (Å²) in [5.41, 5.74) is 1.01. The summed E-state index contributed by atoms with van der Waals surface area (Å²) in [6.07, 6.45) is 2.02. The third-order valence-corrected chi connectivity index (χ3v) is 3.63. The zero-order valence-corrected chi connectivity index (χ0v) is 13.6. The highest BCUT2D eigenvalue weighted by atomic mass is 79.9. The standard InChI is InChI=1S/C15H22BrNO3/c1-3-13(18)8-9-17-15(19)7-4-11-10-12(16)5-6-14(11)20-2/h5-6,10,13,18H,3-4,7-9H2,1-2H3,(H,17,19). The number of aliphatic hydroxyl groups is 1. The van der Waals surface area contributed by atoms with Crippen LogP contribution in [-0.2, 0) is 11.2 Å². The number of hydrogen-bond donors (Lipinski definition) is 2. The molecule has 20 heavy (non-hydrogen) atoms. The van der Waals surface area contributed by atoms with Gasteiger partial charge in [0.25, 0.3) is 0 Å². The number of nitrogens with one attached hydrogen (secondary N) is 1. The molecular weight excluding hydrogens is 322 g/mol. The second-order valence-corrected chi connectivity index (χ2v) is 5.57. The van der Waals surface area contributed by atoms with Crippen molar-refractivity contribution in [2.45, 2.75) is 38.7 Å². The number of ether oxygens (including phenoxy) is 1. The molecule has 0 aliphatic heterocycles. The van der Waals surface area contributed by atoms with Gasteiger partial charge < -0.3 is 15.2 Å². The molecule has 0 aliphatic rings. The fourth-order valence-corrected chi connectivity index (χ4v) is 2.27. The molecule has 2 N–H and O–H groups in total. The Morgan fingerprint density at radius 2 is 2.25 bits per heavy atom. The number of methoxy groups -OCH3 is 1. The van der Waals surface area contributed by atoms with Crippen LogP contribution < -0.4 is 10.1 Å². The van der Waals surface area contributed by atoms with Gasteiger partial charge in [-0.3, -0.25) is 4.79 Å². The van der Waals surface area contributed by atoms with E-state index in [1.165, 1.54) is 0 Å². The lowest BCUT2D eigenvalue weighted by atomic mass is 10.1. The Balaban J connectivity index is 2.39. The van der Waals surface area contributed by atoms with Crippen molar-refractivity contribution >= 4 is 21.8 Å². The van der Waals surface area contributed by atoms with Crippen LogP contribution in [0.3, 0.4) is 0 Å². The van der Waals surface area contributed by atoms with E-state index in [0.717, 1.165) is 15.8 Å². The number of halogens is 1. The molecule has 5 heteroatoms. The summed E-state index contributed by atoms with van der Waals surface area (Å²) in [5.74, 6) is 0.790. The summed E-state index contributed by atoms with van der Waals surface area (Å²) in [4.78, 5) is 11.7. The first kappa shape index (κ1) is 17.0. The predicted molar refractivity (Wildman–Crippen MR) is 82.9 cm³/mol. The van der Waals surface area contributed by atoms with Gasteiger partial charge in [-0.25, -0.2) is 0 Å². The van der Waals surface area contributed by atoms with Gasteiger partial charge >= 0.3 is 0 Å². The molecule has 1 atom stereocenters.